The van der Waals surface area contributed by atoms with E-state index < -0.39 is 0 Å². The van der Waals surface area contributed by atoms with Crippen molar-refractivity contribution in [3.05, 3.63) is 47.9 Å². The maximum atomic E-state index is 5.45. The number of ether oxygens (including phenoxy) is 1. The predicted molar refractivity (Wildman–Crippen MR) is 86.6 cm³/mol. The van der Waals surface area contributed by atoms with Gasteiger partial charge in [-0.2, -0.15) is 0 Å². The molecule has 0 aliphatic heterocycles. The second kappa shape index (κ2) is 8.64. The fourth-order valence-corrected chi connectivity index (χ4v) is 2.79. The summed E-state index contributed by atoms with van der Waals surface area (Å²) in [6.45, 7) is 4.10. The summed E-state index contributed by atoms with van der Waals surface area (Å²) in [6, 6.07) is 8.28. The molecule has 0 amide bonds. The van der Waals surface area contributed by atoms with Crippen LogP contribution in [0.2, 0.25) is 0 Å². The van der Waals surface area contributed by atoms with Gasteiger partial charge in [0.2, 0.25) is 0 Å². The number of nitrogens with zero attached hydrogens (tertiary/aromatic N) is 2. The van der Waals surface area contributed by atoms with Crippen molar-refractivity contribution in [1.29, 1.82) is 0 Å². The third kappa shape index (κ3) is 5.02. The summed E-state index contributed by atoms with van der Waals surface area (Å²) in [7, 11) is 1.71. The average molecular weight is 303 g/mol. The molecule has 0 spiro atoms. The molecule has 0 aliphatic rings. The Bertz CT molecular complexity index is 548. The average Bonchev–Trinajstić information content (AvgIpc) is 2.54. The van der Waals surface area contributed by atoms with Crippen molar-refractivity contribution in [2.24, 2.45) is 0 Å². The van der Waals surface area contributed by atoms with E-state index in [4.69, 9.17) is 4.74 Å². The van der Waals surface area contributed by atoms with Gasteiger partial charge >= 0.3 is 0 Å². The van der Waals surface area contributed by atoms with E-state index in [0.29, 0.717) is 0 Å². The van der Waals surface area contributed by atoms with E-state index in [2.05, 4.69) is 34.3 Å². The first kappa shape index (κ1) is 15.8. The van der Waals surface area contributed by atoms with E-state index in [9.17, 15) is 0 Å². The lowest BCUT2D eigenvalue weighted by molar-refractivity contribution is 0.411. The molecular weight excluding hydrogens is 282 g/mol. The Morgan fingerprint density at radius 2 is 2.19 bits per heavy atom. The van der Waals surface area contributed by atoms with Gasteiger partial charge in [0.25, 0.3) is 0 Å². The Balaban J connectivity index is 2.03. The summed E-state index contributed by atoms with van der Waals surface area (Å²) in [6.07, 6.45) is 4.48. The van der Waals surface area contributed by atoms with Crippen LogP contribution in [-0.2, 0) is 12.3 Å². The highest BCUT2D eigenvalue weighted by Crippen LogP contribution is 2.27. The van der Waals surface area contributed by atoms with Crippen LogP contribution in [0.1, 0.15) is 24.5 Å². The Kier molecular flexibility index (Phi) is 6.50. The number of hydrogen-bond donors (Lipinski definition) is 1. The van der Waals surface area contributed by atoms with Gasteiger partial charge in [0.1, 0.15) is 12.1 Å². The van der Waals surface area contributed by atoms with Crippen LogP contribution in [0.15, 0.2) is 41.8 Å². The van der Waals surface area contributed by atoms with Crippen LogP contribution in [-0.4, -0.2) is 23.6 Å². The Morgan fingerprint density at radius 1 is 1.29 bits per heavy atom. The molecule has 2 aromatic rings. The zero-order valence-electron chi connectivity index (χ0n) is 12.5. The monoisotopic (exact) mass is 303 g/mol. The molecular formula is C16H21N3OS. The van der Waals surface area contributed by atoms with Gasteiger partial charge in [-0.3, -0.25) is 0 Å². The molecule has 0 aliphatic carbocycles. The second-order valence-electron chi connectivity index (χ2n) is 4.66. The molecule has 5 heteroatoms. The van der Waals surface area contributed by atoms with Crippen molar-refractivity contribution in [2.75, 3.05) is 13.7 Å². The van der Waals surface area contributed by atoms with Crippen LogP contribution in [0.3, 0.4) is 0 Å². The van der Waals surface area contributed by atoms with Crippen molar-refractivity contribution in [3.63, 3.8) is 0 Å². The van der Waals surface area contributed by atoms with Crippen molar-refractivity contribution >= 4 is 11.8 Å². The van der Waals surface area contributed by atoms with E-state index in [0.717, 1.165) is 36.0 Å². The topological polar surface area (TPSA) is 47.0 Å². The minimum Gasteiger partial charge on any atom is -0.496 e. The normalized spacial score (nSPS) is 10.6. The molecule has 112 valence electrons. The highest BCUT2D eigenvalue weighted by atomic mass is 32.2. The highest BCUT2D eigenvalue weighted by Gasteiger charge is 2.06. The molecule has 0 atom stereocenters. The summed E-state index contributed by atoms with van der Waals surface area (Å²) in [5.74, 6) is 1.76. The van der Waals surface area contributed by atoms with Gasteiger partial charge in [0, 0.05) is 24.1 Å². The number of rotatable bonds is 8. The minimum atomic E-state index is 0.835. The molecule has 0 unspecified atom stereocenters. The third-order valence-electron chi connectivity index (χ3n) is 3.03. The smallest absolute Gasteiger partial charge is 0.122 e. The summed E-state index contributed by atoms with van der Waals surface area (Å²) in [5, 5.41) is 4.40. The molecule has 0 saturated carbocycles. The molecule has 21 heavy (non-hydrogen) atoms. The van der Waals surface area contributed by atoms with Gasteiger partial charge in [-0.25, -0.2) is 9.97 Å². The molecule has 0 fully saturated rings. The van der Waals surface area contributed by atoms with Crippen molar-refractivity contribution in [1.82, 2.24) is 15.3 Å². The number of thioether (sulfide) groups is 1. The van der Waals surface area contributed by atoms with Gasteiger partial charge in [0.15, 0.2) is 0 Å². The van der Waals surface area contributed by atoms with Crippen LogP contribution < -0.4 is 10.1 Å². The molecule has 1 N–H and O–H groups in total. The van der Waals surface area contributed by atoms with Gasteiger partial charge in [-0.1, -0.05) is 13.0 Å². The largest absolute Gasteiger partial charge is 0.496 e. The number of aromatic nitrogens is 2. The third-order valence-corrected chi connectivity index (χ3v) is 4.02. The number of nitrogens with one attached hydrogen (secondary N) is 1. The summed E-state index contributed by atoms with van der Waals surface area (Å²) >= 11 is 1.69. The van der Waals surface area contributed by atoms with E-state index in [1.54, 1.807) is 31.4 Å². The number of benzene rings is 1. The standard InChI is InChI=1S/C16H21N3OS/c1-3-7-17-10-13-4-5-15(20-2)14(9-13)11-21-16-6-8-18-12-19-16/h4-6,8-9,12,17H,3,7,10-11H2,1-2H3. The van der Waals surface area contributed by atoms with Crippen LogP contribution in [0, 0.1) is 0 Å². The van der Waals surface area contributed by atoms with E-state index in [1.807, 2.05) is 12.1 Å². The first-order valence-corrected chi connectivity index (χ1v) is 8.07. The van der Waals surface area contributed by atoms with Gasteiger partial charge < -0.3 is 10.1 Å². The first-order valence-electron chi connectivity index (χ1n) is 7.08. The predicted octanol–water partition coefficient (Wildman–Crippen LogP) is 3.28. The molecule has 1 heterocycles. The molecule has 0 radical (unpaired) electrons. The summed E-state index contributed by atoms with van der Waals surface area (Å²) in [5.41, 5.74) is 2.47. The van der Waals surface area contributed by atoms with Crippen LogP contribution in [0.5, 0.6) is 5.75 Å². The minimum absolute atomic E-state index is 0.835. The first-order chi connectivity index (χ1) is 10.3. The lowest BCUT2D eigenvalue weighted by Gasteiger charge is -2.11. The zero-order chi connectivity index (χ0) is 14.9. The van der Waals surface area contributed by atoms with Crippen molar-refractivity contribution < 1.29 is 4.74 Å². The molecule has 2 rings (SSSR count). The maximum absolute atomic E-state index is 5.45. The van der Waals surface area contributed by atoms with E-state index in [1.165, 1.54) is 11.1 Å². The summed E-state index contributed by atoms with van der Waals surface area (Å²) in [4.78, 5) is 8.16. The maximum Gasteiger partial charge on any atom is 0.122 e. The van der Waals surface area contributed by atoms with E-state index >= 15 is 0 Å². The Morgan fingerprint density at radius 3 is 2.90 bits per heavy atom. The second-order valence-corrected chi connectivity index (χ2v) is 5.65. The van der Waals surface area contributed by atoms with Crippen LogP contribution in [0.25, 0.3) is 0 Å². The fourth-order valence-electron chi connectivity index (χ4n) is 1.98. The lowest BCUT2D eigenvalue weighted by Crippen LogP contribution is -2.13. The lowest BCUT2D eigenvalue weighted by atomic mass is 10.1. The molecule has 1 aromatic carbocycles. The van der Waals surface area contributed by atoms with Gasteiger partial charge in [0.05, 0.1) is 12.1 Å². The Labute approximate surface area is 130 Å². The number of methoxy groups -OCH3 is 1. The van der Waals surface area contributed by atoms with Crippen molar-refractivity contribution in [2.45, 2.75) is 30.7 Å². The van der Waals surface area contributed by atoms with E-state index in [-0.39, 0.29) is 0 Å². The SMILES string of the molecule is CCCNCc1ccc(OC)c(CSc2ccncn2)c1. The quantitative estimate of drug-likeness (QED) is 0.461. The molecule has 1 aromatic heterocycles. The number of hydrogen-bond acceptors (Lipinski definition) is 5. The molecule has 4 nitrogen and oxygen atoms in total. The Hall–Kier alpha value is -1.59. The van der Waals surface area contributed by atoms with Crippen LogP contribution >= 0.6 is 11.8 Å². The fraction of sp³-hybridized carbons (Fsp3) is 0.375. The zero-order valence-corrected chi connectivity index (χ0v) is 13.3. The molecule has 0 saturated heterocycles. The molecule has 0 bridgehead atoms. The van der Waals surface area contributed by atoms with Gasteiger partial charge in [-0.15, -0.1) is 11.8 Å². The highest BCUT2D eigenvalue weighted by molar-refractivity contribution is 7.98. The van der Waals surface area contributed by atoms with Gasteiger partial charge in [-0.05, 0) is 36.7 Å². The van der Waals surface area contributed by atoms with Crippen molar-refractivity contribution in [3.8, 4) is 5.75 Å². The van der Waals surface area contributed by atoms with Crippen LogP contribution in [0.4, 0.5) is 0 Å². The summed E-state index contributed by atoms with van der Waals surface area (Å²) < 4.78 is 5.45.